The molecule has 1 aliphatic rings. The summed E-state index contributed by atoms with van der Waals surface area (Å²) in [6, 6.07) is 25.2. The third-order valence-corrected chi connectivity index (χ3v) is 6.21. The van der Waals surface area contributed by atoms with Gasteiger partial charge in [-0.05, 0) is 79.9 Å². The van der Waals surface area contributed by atoms with E-state index in [0.29, 0.717) is 0 Å². The first-order valence-corrected chi connectivity index (χ1v) is 10.8. The summed E-state index contributed by atoms with van der Waals surface area (Å²) in [6.45, 7) is 6.21. The van der Waals surface area contributed by atoms with Crippen LogP contribution in [0.5, 0.6) is 0 Å². The van der Waals surface area contributed by atoms with Crippen molar-refractivity contribution in [3.8, 4) is 11.1 Å². The Kier molecular flexibility index (Phi) is 4.36. The monoisotopic (exact) mass is 374 g/mol. The van der Waals surface area contributed by atoms with Crippen LogP contribution in [-0.2, 0) is 6.42 Å². The van der Waals surface area contributed by atoms with Gasteiger partial charge in [0.15, 0.2) is 0 Å². The molecule has 0 aromatic heterocycles. The smallest absolute Gasteiger partial charge is 0.00205 e. The van der Waals surface area contributed by atoms with Crippen molar-refractivity contribution in [3.05, 3.63) is 89.5 Å². The van der Waals surface area contributed by atoms with E-state index in [9.17, 15) is 0 Å². The third kappa shape index (κ3) is 2.75. The molecule has 0 saturated heterocycles. The zero-order valence-corrected chi connectivity index (χ0v) is 17.4. The number of fused-ring (bicyclic) bond motifs is 1. The molecule has 0 unspecified atom stereocenters. The van der Waals surface area contributed by atoms with Gasteiger partial charge in [-0.3, -0.25) is 0 Å². The van der Waals surface area contributed by atoms with Crippen LogP contribution in [-0.4, -0.2) is 0 Å². The van der Waals surface area contributed by atoms with Gasteiger partial charge in [0.05, 0.1) is 0 Å². The Hall–Kier alpha value is -3.12. The average molecular weight is 375 g/mol. The maximum Gasteiger partial charge on any atom is -0.00205 e. The van der Waals surface area contributed by atoms with Crippen molar-refractivity contribution in [2.75, 3.05) is 0 Å². The highest BCUT2D eigenvalue weighted by atomic mass is 14.2. The largest absolute Gasteiger partial charge is 0.0836 e. The lowest BCUT2D eigenvalue weighted by atomic mass is 9.87. The van der Waals surface area contributed by atoms with Crippen molar-refractivity contribution >= 4 is 38.4 Å². The van der Waals surface area contributed by atoms with Gasteiger partial charge in [0.25, 0.3) is 0 Å². The Morgan fingerprint density at radius 2 is 1.38 bits per heavy atom. The first-order chi connectivity index (χ1) is 14.3. The molecule has 142 valence electrons. The Bertz CT molecular complexity index is 1370. The lowest BCUT2D eigenvalue weighted by Gasteiger charge is -2.17. The van der Waals surface area contributed by atoms with Gasteiger partial charge < -0.3 is 0 Å². The molecular weight excluding hydrogens is 348 g/mol. The summed E-state index contributed by atoms with van der Waals surface area (Å²) in [5, 5.41) is 8.22. The maximum absolute atomic E-state index is 2.40. The van der Waals surface area contributed by atoms with E-state index in [2.05, 4.69) is 85.8 Å². The molecular formula is C29H26. The van der Waals surface area contributed by atoms with Crippen molar-refractivity contribution in [1.82, 2.24) is 0 Å². The fourth-order valence-electron chi connectivity index (χ4n) is 4.80. The van der Waals surface area contributed by atoms with Crippen molar-refractivity contribution in [1.29, 1.82) is 0 Å². The summed E-state index contributed by atoms with van der Waals surface area (Å²) in [4.78, 5) is 0. The lowest BCUT2D eigenvalue weighted by Crippen LogP contribution is -1.95. The lowest BCUT2D eigenvalue weighted by molar-refractivity contribution is 0.986. The van der Waals surface area contributed by atoms with E-state index in [0.717, 1.165) is 12.8 Å². The number of hydrogen-bond donors (Lipinski definition) is 0. The van der Waals surface area contributed by atoms with Crippen LogP contribution in [0, 0.1) is 6.92 Å². The predicted molar refractivity (Wildman–Crippen MR) is 129 cm³/mol. The quantitative estimate of drug-likeness (QED) is 0.258. The number of benzene rings is 5. The number of aryl methyl sites for hydroxylation is 2. The number of rotatable bonds is 1. The van der Waals surface area contributed by atoms with Crippen LogP contribution in [0.1, 0.15) is 37.0 Å². The molecule has 0 radical (unpaired) electrons. The second-order valence-electron chi connectivity index (χ2n) is 7.77. The van der Waals surface area contributed by atoms with Crippen molar-refractivity contribution in [2.24, 2.45) is 0 Å². The van der Waals surface area contributed by atoms with Crippen molar-refractivity contribution in [2.45, 2.75) is 33.6 Å². The summed E-state index contributed by atoms with van der Waals surface area (Å²) in [5.74, 6) is 0. The van der Waals surface area contributed by atoms with Gasteiger partial charge in [-0.15, -0.1) is 0 Å². The minimum atomic E-state index is 1.14. The molecule has 0 N–H and O–H groups in total. The highest BCUT2D eigenvalue weighted by molar-refractivity contribution is 6.25. The van der Waals surface area contributed by atoms with Gasteiger partial charge >= 0.3 is 0 Å². The predicted octanol–water partition coefficient (Wildman–Crippen LogP) is 8.55. The minimum absolute atomic E-state index is 1.14. The van der Waals surface area contributed by atoms with Crippen molar-refractivity contribution < 1.29 is 0 Å². The molecule has 5 aromatic carbocycles. The van der Waals surface area contributed by atoms with Gasteiger partial charge in [-0.1, -0.05) is 92.7 Å². The van der Waals surface area contributed by atoms with Gasteiger partial charge in [-0.2, -0.15) is 0 Å². The zero-order valence-electron chi connectivity index (χ0n) is 17.4. The van der Waals surface area contributed by atoms with Crippen LogP contribution >= 0.6 is 0 Å². The number of hydrogen-bond acceptors (Lipinski definition) is 0. The molecule has 0 atom stereocenters. The SMILES string of the molecule is CC.Cc1ccc2ccc3c(-c4ccc5c(c4)CCC=C5)ccc4ccc1c2c43. The Labute approximate surface area is 172 Å². The minimum Gasteiger partial charge on any atom is -0.0836 e. The molecule has 1 aliphatic carbocycles. The summed E-state index contributed by atoms with van der Waals surface area (Å²) >= 11 is 0. The van der Waals surface area contributed by atoms with E-state index in [1.165, 1.54) is 60.1 Å². The molecule has 6 rings (SSSR count). The molecule has 0 heterocycles. The molecule has 0 saturated carbocycles. The normalized spacial score (nSPS) is 12.9. The van der Waals surface area contributed by atoms with Crippen LogP contribution in [0.15, 0.2) is 72.8 Å². The van der Waals surface area contributed by atoms with E-state index >= 15 is 0 Å². The first kappa shape index (κ1) is 17.9. The van der Waals surface area contributed by atoms with Gasteiger partial charge in [-0.25, -0.2) is 0 Å². The zero-order chi connectivity index (χ0) is 20.0. The van der Waals surface area contributed by atoms with E-state index < -0.39 is 0 Å². The highest BCUT2D eigenvalue weighted by Crippen LogP contribution is 2.40. The highest BCUT2D eigenvalue weighted by Gasteiger charge is 2.14. The molecule has 0 fully saturated rings. The molecule has 0 spiro atoms. The fourth-order valence-corrected chi connectivity index (χ4v) is 4.80. The molecule has 0 heteroatoms. The molecule has 29 heavy (non-hydrogen) atoms. The third-order valence-electron chi connectivity index (χ3n) is 6.21. The molecule has 0 bridgehead atoms. The van der Waals surface area contributed by atoms with E-state index in [1.54, 1.807) is 0 Å². The van der Waals surface area contributed by atoms with Crippen molar-refractivity contribution in [3.63, 3.8) is 0 Å². The maximum atomic E-state index is 2.40. The van der Waals surface area contributed by atoms with Crippen LogP contribution in [0.3, 0.4) is 0 Å². The molecule has 0 aliphatic heterocycles. The Morgan fingerprint density at radius 1 is 0.690 bits per heavy atom. The van der Waals surface area contributed by atoms with Crippen LogP contribution in [0.25, 0.3) is 49.5 Å². The molecule has 0 nitrogen and oxygen atoms in total. The molecule has 0 amide bonds. The number of allylic oxidation sites excluding steroid dienone is 1. The van der Waals surface area contributed by atoms with Crippen LogP contribution < -0.4 is 0 Å². The van der Waals surface area contributed by atoms with Gasteiger partial charge in [0.2, 0.25) is 0 Å². The second kappa shape index (κ2) is 7.04. The van der Waals surface area contributed by atoms with Crippen LogP contribution in [0.2, 0.25) is 0 Å². The topological polar surface area (TPSA) is 0 Å². The Morgan fingerprint density at radius 3 is 2.21 bits per heavy atom. The summed E-state index contributed by atoms with van der Waals surface area (Å²) in [5.41, 5.74) is 6.87. The van der Waals surface area contributed by atoms with E-state index in [4.69, 9.17) is 0 Å². The van der Waals surface area contributed by atoms with E-state index in [-0.39, 0.29) is 0 Å². The summed E-state index contributed by atoms with van der Waals surface area (Å²) < 4.78 is 0. The summed E-state index contributed by atoms with van der Waals surface area (Å²) in [6.07, 6.45) is 6.83. The van der Waals surface area contributed by atoms with Gasteiger partial charge in [0.1, 0.15) is 0 Å². The van der Waals surface area contributed by atoms with Gasteiger partial charge in [0, 0.05) is 0 Å². The Balaban J connectivity index is 0.000000882. The second-order valence-corrected chi connectivity index (χ2v) is 7.77. The summed E-state index contributed by atoms with van der Waals surface area (Å²) in [7, 11) is 0. The fraction of sp³-hybridized carbons (Fsp3) is 0.172. The average Bonchev–Trinajstić information content (AvgIpc) is 2.79. The van der Waals surface area contributed by atoms with Crippen LogP contribution in [0.4, 0.5) is 0 Å². The standard InChI is InChI=1S/C27H20.C2H6/c1-17-6-7-19-12-15-25-24(14-11-20-10-13-23(17)26(19)27(20)25)22-9-8-18-4-2-3-5-21(18)16-22;1-2/h2,4,6-16H,3,5H2,1H3;1-2H3. The molecule has 5 aromatic rings. The first-order valence-electron chi connectivity index (χ1n) is 10.8. The van der Waals surface area contributed by atoms with E-state index in [1.807, 2.05) is 13.8 Å².